The van der Waals surface area contributed by atoms with Crippen molar-refractivity contribution in [1.82, 2.24) is 10.5 Å². The first-order valence-electron chi connectivity index (χ1n) is 16.3. The van der Waals surface area contributed by atoms with Gasteiger partial charge in [-0.25, -0.2) is 4.39 Å². The van der Waals surface area contributed by atoms with Crippen molar-refractivity contribution in [3.8, 4) is 0 Å². The van der Waals surface area contributed by atoms with Gasteiger partial charge < -0.3 is 24.2 Å². The lowest BCUT2D eigenvalue weighted by Gasteiger charge is -2.28. The minimum Gasteiger partial charge on any atom is -0.385 e. The zero-order valence-electron chi connectivity index (χ0n) is 28.0. The molecule has 5 unspecified atom stereocenters. The number of nitrogens with zero attached hydrogens (tertiary/aromatic N) is 2. The molecule has 0 spiro atoms. The van der Waals surface area contributed by atoms with E-state index in [0.29, 0.717) is 35.3 Å². The highest BCUT2D eigenvalue weighted by Gasteiger charge is 2.35. The van der Waals surface area contributed by atoms with E-state index in [-0.39, 0.29) is 18.0 Å². The first-order valence-corrected chi connectivity index (χ1v) is 17.3. The van der Waals surface area contributed by atoms with E-state index in [2.05, 4.69) is 59.7 Å². The van der Waals surface area contributed by atoms with Crippen LogP contribution >= 0.6 is 11.8 Å². The molecule has 2 aliphatic rings. The maximum absolute atomic E-state index is 15.0. The summed E-state index contributed by atoms with van der Waals surface area (Å²) < 4.78 is 33.5. The van der Waals surface area contributed by atoms with E-state index in [1.807, 2.05) is 12.3 Å². The lowest BCUT2D eigenvalue weighted by Crippen LogP contribution is -2.26. The Balaban J connectivity index is 1.80. The second kappa shape index (κ2) is 19.1. The van der Waals surface area contributed by atoms with E-state index in [1.54, 1.807) is 32.8 Å². The third-order valence-corrected chi connectivity index (χ3v) is 9.83. The van der Waals surface area contributed by atoms with Gasteiger partial charge >= 0.3 is 0 Å². The molecule has 0 bridgehead atoms. The number of aromatic nitrogens is 1. The maximum atomic E-state index is 15.0. The second-order valence-corrected chi connectivity index (χ2v) is 13.4. The van der Waals surface area contributed by atoms with Crippen molar-refractivity contribution in [3.63, 3.8) is 0 Å². The number of halogens is 1. The normalized spacial score (nSPS) is 25.1. The van der Waals surface area contributed by atoms with Crippen molar-refractivity contribution >= 4 is 17.3 Å². The van der Waals surface area contributed by atoms with Crippen LogP contribution in [0.5, 0.6) is 0 Å². The zero-order chi connectivity index (χ0) is 32.8. The first-order chi connectivity index (χ1) is 21.8. The molecule has 0 radical (unpaired) electrons. The number of rotatable bonds is 16. The summed E-state index contributed by atoms with van der Waals surface area (Å²) in [5.41, 5.74) is 3.20. The van der Waals surface area contributed by atoms with Gasteiger partial charge in [0.05, 0.1) is 24.5 Å². The second-order valence-electron chi connectivity index (χ2n) is 12.2. The van der Waals surface area contributed by atoms with Crippen molar-refractivity contribution in [2.75, 3.05) is 14.2 Å². The number of thioether (sulfide) groups is 1. The maximum Gasteiger partial charge on any atom is 0.161 e. The fourth-order valence-corrected chi connectivity index (χ4v) is 6.95. The van der Waals surface area contributed by atoms with Crippen LogP contribution in [-0.2, 0) is 20.9 Å². The first kappa shape index (κ1) is 36.8. The van der Waals surface area contributed by atoms with E-state index in [4.69, 9.17) is 14.0 Å². The summed E-state index contributed by atoms with van der Waals surface area (Å²) in [6, 6.07) is 0. The van der Waals surface area contributed by atoms with Gasteiger partial charge in [0.1, 0.15) is 11.5 Å². The van der Waals surface area contributed by atoms with E-state index in [0.717, 1.165) is 80.0 Å². The van der Waals surface area contributed by atoms with Gasteiger partial charge in [0.2, 0.25) is 0 Å². The molecule has 3 rings (SSSR count). The van der Waals surface area contributed by atoms with Crippen molar-refractivity contribution in [2.24, 2.45) is 17.2 Å². The molecule has 0 aliphatic heterocycles. The van der Waals surface area contributed by atoms with Gasteiger partial charge in [0.25, 0.3) is 0 Å². The Labute approximate surface area is 272 Å². The van der Waals surface area contributed by atoms with Crippen LogP contribution in [0, 0.1) is 16.7 Å². The molecule has 10 heteroatoms. The summed E-state index contributed by atoms with van der Waals surface area (Å²) in [4.78, 5) is 15.0. The van der Waals surface area contributed by atoms with E-state index >= 15 is 0 Å². The summed E-state index contributed by atoms with van der Waals surface area (Å²) in [6.07, 6.45) is 17.2. The minimum absolute atomic E-state index is 0.0521. The van der Waals surface area contributed by atoms with Crippen molar-refractivity contribution < 1.29 is 23.2 Å². The number of methoxy groups -OCH3 is 1. The van der Waals surface area contributed by atoms with Crippen LogP contribution in [-0.4, -0.2) is 36.8 Å². The van der Waals surface area contributed by atoms with Crippen LogP contribution < -0.4 is 5.32 Å². The molecule has 0 saturated heterocycles. The predicted molar refractivity (Wildman–Crippen MR) is 181 cm³/mol. The highest BCUT2D eigenvalue weighted by Crippen LogP contribution is 2.44. The Bertz CT molecular complexity index is 1240. The molecule has 1 aromatic heterocycles. The van der Waals surface area contributed by atoms with E-state index in [1.165, 1.54) is 6.08 Å². The van der Waals surface area contributed by atoms with Crippen LogP contribution in [0.15, 0.2) is 62.9 Å². The summed E-state index contributed by atoms with van der Waals surface area (Å²) in [6.45, 7) is 10.8. The van der Waals surface area contributed by atoms with Gasteiger partial charge in [0.15, 0.2) is 16.9 Å². The number of hydrogen-bond acceptors (Lipinski definition) is 9. The Morgan fingerprint density at radius 2 is 2.02 bits per heavy atom. The predicted octanol–water partition coefficient (Wildman–Crippen LogP) is 9.68. The van der Waals surface area contributed by atoms with Crippen LogP contribution in [0.2, 0.25) is 0 Å². The fraction of sp³-hybridized carbons (Fsp3) is 0.629. The summed E-state index contributed by atoms with van der Waals surface area (Å²) in [5, 5.41) is 12.0. The van der Waals surface area contributed by atoms with Crippen LogP contribution in [0.1, 0.15) is 109 Å². The molecule has 8 nitrogen and oxygen atoms in total. The SMILES string of the molecule is C\C=C(/C=C(F)\C(=C\SC1CCCC(C)CC(OCc2c(/C(=C/C=C\CC)C(C)OC)noc2C2CC2)C(C)C1)NC)ON=O. The van der Waals surface area contributed by atoms with Gasteiger partial charge in [-0.05, 0) is 75.7 Å². The number of allylic oxidation sites excluding steroid dienone is 6. The average molecular weight is 646 g/mol. The topological polar surface area (TPSA) is 95.2 Å². The van der Waals surface area contributed by atoms with E-state index < -0.39 is 5.83 Å². The average Bonchev–Trinajstić information content (AvgIpc) is 3.78. The monoisotopic (exact) mass is 645 g/mol. The highest BCUT2D eigenvalue weighted by atomic mass is 32.2. The summed E-state index contributed by atoms with van der Waals surface area (Å²) >= 11 is 1.64. The fourth-order valence-electron chi connectivity index (χ4n) is 5.67. The third-order valence-electron chi connectivity index (χ3n) is 8.65. The molecule has 0 aromatic carbocycles. The third kappa shape index (κ3) is 11.3. The molecule has 250 valence electrons. The number of nitrogens with one attached hydrogen (secondary N) is 1. The van der Waals surface area contributed by atoms with Gasteiger partial charge in [-0.15, -0.1) is 16.7 Å². The molecule has 1 heterocycles. The van der Waals surface area contributed by atoms with Crippen LogP contribution in [0.4, 0.5) is 4.39 Å². The lowest BCUT2D eigenvalue weighted by atomic mass is 9.91. The number of ether oxygens (including phenoxy) is 2. The molecule has 0 amide bonds. The quantitative estimate of drug-likeness (QED) is 0.0822. The molecular weight excluding hydrogens is 593 g/mol. The minimum atomic E-state index is -0.523. The van der Waals surface area contributed by atoms with Crippen LogP contribution in [0.3, 0.4) is 0 Å². The van der Waals surface area contributed by atoms with Crippen LogP contribution in [0.25, 0.3) is 5.57 Å². The van der Waals surface area contributed by atoms with Gasteiger partial charge in [-0.1, -0.05) is 57.0 Å². The molecule has 1 aromatic rings. The highest BCUT2D eigenvalue weighted by molar-refractivity contribution is 8.02. The smallest absolute Gasteiger partial charge is 0.161 e. The standard InChI is InChI=1S/C35H52FN3O5S/c1-8-10-11-15-29(25(5)41-7)34-30(35(44-38-34)26-16-17-26)21-42-33-18-23(3)13-12-14-28(19-24(33)4)45-22-32(37-6)31(36)20-27(9-2)43-39-40/h9-11,15,20,22-26,28,33,37H,8,12-14,16-19,21H2,1-7H3/b11-10-,27-9+,29-15+,31-20+,32-22-. The number of likely N-dealkylation sites (N-methyl/N-ethyl adjacent to an activating group) is 1. The number of hydrogen-bond donors (Lipinski definition) is 1. The van der Waals surface area contributed by atoms with Crippen molar-refractivity contribution in [2.45, 2.75) is 116 Å². The van der Waals surface area contributed by atoms with Crippen molar-refractivity contribution in [3.05, 3.63) is 75.0 Å². The molecule has 5 atom stereocenters. The molecule has 2 fully saturated rings. The Morgan fingerprint density at radius 3 is 2.67 bits per heavy atom. The molecular formula is C35H52FN3O5S. The molecule has 45 heavy (non-hydrogen) atoms. The zero-order valence-corrected chi connectivity index (χ0v) is 28.8. The van der Waals surface area contributed by atoms with Gasteiger partial charge in [-0.3, -0.25) is 0 Å². The van der Waals surface area contributed by atoms with Gasteiger partial charge in [-0.2, -0.15) is 0 Å². The lowest BCUT2D eigenvalue weighted by molar-refractivity contribution is -0.0102. The molecule has 2 aliphatic carbocycles. The summed E-state index contributed by atoms with van der Waals surface area (Å²) in [5.74, 6) is 1.71. The largest absolute Gasteiger partial charge is 0.385 e. The molecule has 2 saturated carbocycles. The Morgan fingerprint density at radius 1 is 1.24 bits per heavy atom. The Kier molecular flexibility index (Phi) is 15.6. The summed E-state index contributed by atoms with van der Waals surface area (Å²) in [7, 11) is 3.39. The van der Waals surface area contributed by atoms with Crippen molar-refractivity contribution in [1.29, 1.82) is 0 Å². The van der Waals surface area contributed by atoms with E-state index in [9.17, 15) is 9.30 Å². The Hall–Kier alpha value is -2.69. The molecule has 1 N–H and O–H groups in total. The van der Waals surface area contributed by atoms with Gasteiger partial charge in [0, 0.05) is 42.5 Å².